The van der Waals surface area contributed by atoms with Crippen LogP contribution < -0.4 is 10.1 Å². The van der Waals surface area contributed by atoms with E-state index in [0.717, 1.165) is 11.1 Å². The van der Waals surface area contributed by atoms with Crippen molar-refractivity contribution in [3.63, 3.8) is 0 Å². The lowest BCUT2D eigenvalue weighted by molar-refractivity contribution is -0.145. The molecule has 0 spiro atoms. The molecule has 0 aromatic heterocycles. The monoisotopic (exact) mass is 366 g/mol. The molecule has 0 saturated carbocycles. The third-order valence-corrected chi connectivity index (χ3v) is 4.83. The van der Waals surface area contributed by atoms with Gasteiger partial charge in [0.2, 0.25) is 5.91 Å². The van der Waals surface area contributed by atoms with Crippen LogP contribution in [0.5, 0.6) is 5.75 Å². The molecule has 2 amide bonds. The van der Waals surface area contributed by atoms with Gasteiger partial charge in [-0.15, -0.1) is 0 Å². The fourth-order valence-corrected chi connectivity index (χ4v) is 3.19. The number of hydrogen-bond acceptors (Lipinski definition) is 3. The molecule has 1 heterocycles. The first-order valence-electron chi connectivity index (χ1n) is 9.32. The molecule has 2 aromatic carbocycles. The molecule has 27 heavy (non-hydrogen) atoms. The van der Waals surface area contributed by atoms with Crippen LogP contribution in [0.15, 0.2) is 48.5 Å². The lowest BCUT2D eigenvalue weighted by atomic mass is 9.97. The van der Waals surface area contributed by atoms with E-state index in [1.165, 1.54) is 5.56 Å². The summed E-state index contributed by atoms with van der Waals surface area (Å²) < 4.78 is 5.62. The van der Waals surface area contributed by atoms with Crippen molar-refractivity contribution in [3.05, 3.63) is 65.2 Å². The van der Waals surface area contributed by atoms with E-state index in [0.29, 0.717) is 24.8 Å². The zero-order chi connectivity index (χ0) is 19.4. The normalized spacial score (nSPS) is 17.0. The Labute approximate surface area is 160 Å². The van der Waals surface area contributed by atoms with E-state index in [2.05, 4.69) is 19.2 Å². The van der Waals surface area contributed by atoms with Gasteiger partial charge < -0.3 is 15.0 Å². The molecule has 0 aliphatic carbocycles. The molecule has 5 heteroatoms. The minimum atomic E-state index is -0.617. The van der Waals surface area contributed by atoms with Gasteiger partial charge in [-0.25, -0.2) is 0 Å². The summed E-state index contributed by atoms with van der Waals surface area (Å²) in [4.78, 5) is 26.9. The number of carbonyl (C=O) groups is 2. The fourth-order valence-electron chi connectivity index (χ4n) is 3.19. The Bertz CT molecular complexity index is 797. The first-order chi connectivity index (χ1) is 13.0. The van der Waals surface area contributed by atoms with E-state index >= 15 is 0 Å². The van der Waals surface area contributed by atoms with Gasteiger partial charge in [0.05, 0.1) is 0 Å². The largest absolute Gasteiger partial charge is 0.484 e. The summed E-state index contributed by atoms with van der Waals surface area (Å²) in [5.41, 5.74) is 3.15. The highest BCUT2D eigenvalue weighted by molar-refractivity contribution is 5.90. The second-order valence-electron chi connectivity index (χ2n) is 7.20. The highest BCUT2D eigenvalue weighted by atomic mass is 16.5. The average Bonchev–Trinajstić information content (AvgIpc) is 2.67. The van der Waals surface area contributed by atoms with Crippen LogP contribution in [0.25, 0.3) is 0 Å². The van der Waals surface area contributed by atoms with Crippen molar-refractivity contribution >= 4 is 11.8 Å². The van der Waals surface area contributed by atoms with E-state index in [9.17, 15) is 9.59 Å². The summed E-state index contributed by atoms with van der Waals surface area (Å²) in [6.07, 6.45) is 0. The number of piperazine rings is 1. The van der Waals surface area contributed by atoms with Gasteiger partial charge >= 0.3 is 0 Å². The minimum Gasteiger partial charge on any atom is -0.484 e. The van der Waals surface area contributed by atoms with Crippen LogP contribution in [0, 0.1) is 6.92 Å². The van der Waals surface area contributed by atoms with Crippen LogP contribution in [0.2, 0.25) is 0 Å². The number of aryl methyl sites for hydroxylation is 1. The van der Waals surface area contributed by atoms with Crippen LogP contribution in [0.3, 0.4) is 0 Å². The van der Waals surface area contributed by atoms with Gasteiger partial charge in [-0.1, -0.05) is 55.8 Å². The Hall–Kier alpha value is -2.82. The lowest BCUT2D eigenvalue weighted by Crippen LogP contribution is -2.53. The van der Waals surface area contributed by atoms with Crippen LogP contribution in [0.4, 0.5) is 0 Å². The van der Waals surface area contributed by atoms with E-state index in [1.807, 2.05) is 55.5 Å². The van der Waals surface area contributed by atoms with E-state index in [-0.39, 0.29) is 18.4 Å². The van der Waals surface area contributed by atoms with Crippen molar-refractivity contribution in [2.24, 2.45) is 0 Å². The number of ether oxygens (including phenoxy) is 1. The van der Waals surface area contributed by atoms with Gasteiger partial charge in [0.1, 0.15) is 11.8 Å². The molecule has 1 N–H and O–H groups in total. The number of carbonyl (C=O) groups excluding carboxylic acids is 2. The van der Waals surface area contributed by atoms with Crippen molar-refractivity contribution in [1.29, 1.82) is 0 Å². The molecule has 3 rings (SSSR count). The molecule has 2 aromatic rings. The Kier molecular flexibility index (Phi) is 5.79. The number of hydrogen-bond donors (Lipinski definition) is 1. The minimum absolute atomic E-state index is 0.0864. The highest BCUT2D eigenvalue weighted by Crippen LogP contribution is 2.25. The van der Waals surface area contributed by atoms with Gasteiger partial charge in [0.15, 0.2) is 6.61 Å². The molecule has 0 bridgehead atoms. The fraction of sp³-hybridized carbons (Fsp3) is 0.364. The van der Waals surface area contributed by atoms with Crippen molar-refractivity contribution in [3.8, 4) is 5.75 Å². The van der Waals surface area contributed by atoms with E-state index < -0.39 is 6.04 Å². The number of benzene rings is 2. The van der Waals surface area contributed by atoms with Crippen molar-refractivity contribution in [1.82, 2.24) is 10.2 Å². The van der Waals surface area contributed by atoms with Gasteiger partial charge in [-0.3, -0.25) is 9.59 Å². The summed E-state index contributed by atoms with van der Waals surface area (Å²) in [5, 5.41) is 2.86. The quantitative estimate of drug-likeness (QED) is 0.884. The molecule has 5 nitrogen and oxygen atoms in total. The van der Waals surface area contributed by atoms with Crippen LogP contribution in [-0.2, 0) is 9.59 Å². The Morgan fingerprint density at radius 1 is 1.15 bits per heavy atom. The zero-order valence-electron chi connectivity index (χ0n) is 16.1. The molecule has 1 atom stereocenters. The maximum Gasteiger partial charge on any atom is 0.261 e. The number of rotatable bonds is 5. The van der Waals surface area contributed by atoms with Gasteiger partial charge in [0.25, 0.3) is 5.91 Å². The maximum absolute atomic E-state index is 12.8. The summed E-state index contributed by atoms with van der Waals surface area (Å²) in [5.74, 6) is 0.721. The van der Waals surface area contributed by atoms with Crippen LogP contribution in [-0.4, -0.2) is 36.4 Å². The lowest BCUT2D eigenvalue weighted by Gasteiger charge is -2.35. The second kappa shape index (κ2) is 8.25. The molecule has 142 valence electrons. The average molecular weight is 366 g/mol. The molecular weight excluding hydrogens is 340 g/mol. The standard InChI is InChI=1S/C22H26N2O3/c1-15(2)17-6-8-18(9-7-17)21-22(26)23-12-13-24(21)20(25)14-27-19-10-4-16(3)5-11-19/h4-11,15,21H,12-14H2,1-3H3,(H,23,26). The van der Waals surface area contributed by atoms with Crippen molar-refractivity contribution < 1.29 is 14.3 Å². The summed E-state index contributed by atoms with van der Waals surface area (Å²) >= 11 is 0. The molecule has 1 aliphatic rings. The predicted octanol–water partition coefficient (Wildman–Crippen LogP) is 3.20. The molecule has 1 saturated heterocycles. The number of nitrogens with one attached hydrogen (secondary N) is 1. The van der Waals surface area contributed by atoms with E-state index in [4.69, 9.17) is 4.74 Å². The topological polar surface area (TPSA) is 58.6 Å². The summed E-state index contributed by atoms with van der Waals surface area (Å²) in [6, 6.07) is 14.9. The van der Waals surface area contributed by atoms with Gasteiger partial charge in [-0.05, 0) is 36.1 Å². The SMILES string of the molecule is Cc1ccc(OCC(=O)N2CCNC(=O)C2c2ccc(C(C)C)cc2)cc1. The van der Waals surface area contributed by atoms with Crippen molar-refractivity contribution in [2.75, 3.05) is 19.7 Å². The second-order valence-corrected chi connectivity index (χ2v) is 7.20. The first kappa shape index (κ1) is 19.0. The summed E-state index contributed by atoms with van der Waals surface area (Å²) in [6.45, 7) is 7.09. The third kappa shape index (κ3) is 4.48. The molecule has 1 fully saturated rings. The molecule has 0 radical (unpaired) electrons. The Balaban J connectivity index is 1.73. The number of nitrogens with zero attached hydrogens (tertiary/aromatic N) is 1. The maximum atomic E-state index is 12.8. The van der Waals surface area contributed by atoms with Gasteiger partial charge in [-0.2, -0.15) is 0 Å². The summed E-state index contributed by atoms with van der Waals surface area (Å²) in [7, 11) is 0. The molecule has 1 aliphatic heterocycles. The zero-order valence-corrected chi connectivity index (χ0v) is 16.1. The van der Waals surface area contributed by atoms with Gasteiger partial charge in [0, 0.05) is 13.1 Å². The Morgan fingerprint density at radius 2 is 1.81 bits per heavy atom. The Morgan fingerprint density at radius 3 is 2.44 bits per heavy atom. The van der Waals surface area contributed by atoms with Crippen molar-refractivity contribution in [2.45, 2.75) is 32.7 Å². The predicted molar refractivity (Wildman–Crippen MR) is 105 cm³/mol. The molecule has 1 unspecified atom stereocenters. The van der Waals surface area contributed by atoms with Crippen LogP contribution >= 0.6 is 0 Å². The van der Waals surface area contributed by atoms with Crippen LogP contribution in [0.1, 0.15) is 42.5 Å². The highest BCUT2D eigenvalue weighted by Gasteiger charge is 2.34. The third-order valence-electron chi connectivity index (χ3n) is 4.83. The molecular formula is C22H26N2O3. The first-order valence-corrected chi connectivity index (χ1v) is 9.32. The number of amides is 2. The van der Waals surface area contributed by atoms with E-state index in [1.54, 1.807) is 4.90 Å². The smallest absolute Gasteiger partial charge is 0.261 e.